The number of hydrogen-bond donors (Lipinski definition) is 1. The summed E-state index contributed by atoms with van der Waals surface area (Å²) in [7, 11) is 0. The SMILES string of the molecule is CCCCN1CCO[C@H](CNC(C)=O)C1. The van der Waals surface area contributed by atoms with Crippen LogP contribution in [0.15, 0.2) is 0 Å². The lowest BCUT2D eigenvalue weighted by Crippen LogP contribution is -2.47. The number of hydrogen-bond acceptors (Lipinski definition) is 3. The number of amides is 1. The first-order valence-corrected chi connectivity index (χ1v) is 5.80. The summed E-state index contributed by atoms with van der Waals surface area (Å²) < 4.78 is 5.58. The van der Waals surface area contributed by atoms with E-state index in [1.54, 1.807) is 0 Å². The number of unbranched alkanes of at least 4 members (excludes halogenated alkanes) is 1. The third kappa shape index (κ3) is 5.14. The minimum atomic E-state index is 0.0179. The molecule has 0 aromatic carbocycles. The first-order chi connectivity index (χ1) is 7.22. The third-order valence-corrected chi connectivity index (χ3v) is 2.63. The highest BCUT2D eigenvalue weighted by Crippen LogP contribution is 2.05. The van der Waals surface area contributed by atoms with Crippen molar-refractivity contribution in [2.24, 2.45) is 0 Å². The van der Waals surface area contributed by atoms with E-state index in [0.29, 0.717) is 6.54 Å². The molecule has 0 aromatic rings. The van der Waals surface area contributed by atoms with Crippen molar-refractivity contribution in [3.63, 3.8) is 0 Å². The van der Waals surface area contributed by atoms with Crippen molar-refractivity contribution < 1.29 is 9.53 Å². The van der Waals surface area contributed by atoms with Crippen LogP contribution in [0.25, 0.3) is 0 Å². The van der Waals surface area contributed by atoms with Gasteiger partial charge in [0.1, 0.15) is 0 Å². The van der Waals surface area contributed by atoms with Gasteiger partial charge in [-0.1, -0.05) is 13.3 Å². The Bertz CT molecular complexity index is 197. The Morgan fingerprint density at radius 2 is 2.40 bits per heavy atom. The maximum Gasteiger partial charge on any atom is 0.216 e. The summed E-state index contributed by atoms with van der Waals surface area (Å²) in [6, 6.07) is 0. The smallest absolute Gasteiger partial charge is 0.216 e. The van der Waals surface area contributed by atoms with Crippen molar-refractivity contribution in [2.75, 3.05) is 32.8 Å². The first kappa shape index (κ1) is 12.5. The van der Waals surface area contributed by atoms with Gasteiger partial charge in [0.25, 0.3) is 0 Å². The normalized spacial score (nSPS) is 22.7. The van der Waals surface area contributed by atoms with Gasteiger partial charge < -0.3 is 10.1 Å². The Kier molecular flexibility index (Phi) is 5.65. The largest absolute Gasteiger partial charge is 0.374 e. The van der Waals surface area contributed by atoms with Crippen molar-refractivity contribution in [3.05, 3.63) is 0 Å². The molecule has 1 saturated heterocycles. The zero-order valence-electron chi connectivity index (χ0n) is 9.79. The molecule has 0 spiro atoms. The summed E-state index contributed by atoms with van der Waals surface area (Å²) in [5, 5.41) is 2.80. The monoisotopic (exact) mass is 214 g/mol. The summed E-state index contributed by atoms with van der Waals surface area (Å²) >= 11 is 0. The standard InChI is InChI=1S/C11H22N2O2/c1-3-4-5-13-6-7-15-11(9-13)8-12-10(2)14/h11H,3-9H2,1-2H3,(H,12,14)/t11-/m1/s1. The second-order valence-electron chi connectivity index (χ2n) is 4.08. The van der Waals surface area contributed by atoms with Crippen LogP contribution in [-0.2, 0) is 9.53 Å². The zero-order chi connectivity index (χ0) is 11.1. The minimum absolute atomic E-state index is 0.0179. The summed E-state index contributed by atoms with van der Waals surface area (Å²) in [6.07, 6.45) is 2.64. The molecule has 1 N–H and O–H groups in total. The Hall–Kier alpha value is -0.610. The van der Waals surface area contributed by atoms with E-state index in [0.717, 1.165) is 26.2 Å². The molecule has 0 aliphatic carbocycles. The van der Waals surface area contributed by atoms with E-state index in [1.165, 1.54) is 19.8 Å². The Morgan fingerprint density at radius 1 is 1.60 bits per heavy atom. The molecular weight excluding hydrogens is 192 g/mol. The molecule has 88 valence electrons. The van der Waals surface area contributed by atoms with Gasteiger partial charge in [-0.15, -0.1) is 0 Å². The molecule has 0 aromatic heterocycles. The van der Waals surface area contributed by atoms with Gasteiger partial charge in [-0.05, 0) is 13.0 Å². The van der Waals surface area contributed by atoms with Crippen LogP contribution >= 0.6 is 0 Å². The second kappa shape index (κ2) is 6.80. The van der Waals surface area contributed by atoms with Crippen LogP contribution in [0, 0.1) is 0 Å². The van der Waals surface area contributed by atoms with Gasteiger partial charge in [0.2, 0.25) is 5.91 Å². The highest BCUT2D eigenvalue weighted by Gasteiger charge is 2.19. The van der Waals surface area contributed by atoms with Crippen LogP contribution in [0.2, 0.25) is 0 Å². The van der Waals surface area contributed by atoms with Crippen LogP contribution in [0.4, 0.5) is 0 Å². The molecule has 4 heteroatoms. The van der Waals surface area contributed by atoms with Gasteiger partial charge >= 0.3 is 0 Å². The molecule has 0 unspecified atom stereocenters. The molecule has 1 heterocycles. The lowest BCUT2D eigenvalue weighted by atomic mass is 10.2. The minimum Gasteiger partial charge on any atom is -0.374 e. The van der Waals surface area contributed by atoms with Crippen molar-refractivity contribution in [1.82, 2.24) is 10.2 Å². The molecule has 0 saturated carbocycles. The summed E-state index contributed by atoms with van der Waals surface area (Å²) in [5.41, 5.74) is 0. The molecule has 1 rings (SSSR count). The first-order valence-electron chi connectivity index (χ1n) is 5.80. The van der Waals surface area contributed by atoms with Gasteiger partial charge in [-0.25, -0.2) is 0 Å². The average Bonchev–Trinajstić information content (AvgIpc) is 2.24. The van der Waals surface area contributed by atoms with Crippen LogP contribution in [0.1, 0.15) is 26.7 Å². The van der Waals surface area contributed by atoms with Crippen LogP contribution in [0.3, 0.4) is 0 Å². The maximum absolute atomic E-state index is 10.8. The van der Waals surface area contributed by atoms with E-state index < -0.39 is 0 Å². The van der Waals surface area contributed by atoms with Crippen molar-refractivity contribution in [2.45, 2.75) is 32.8 Å². The number of nitrogens with one attached hydrogen (secondary N) is 1. The number of carbonyl (C=O) groups excluding carboxylic acids is 1. The van der Waals surface area contributed by atoms with E-state index in [4.69, 9.17) is 4.74 Å². The Morgan fingerprint density at radius 3 is 3.07 bits per heavy atom. The van der Waals surface area contributed by atoms with Crippen LogP contribution in [-0.4, -0.2) is 49.7 Å². The highest BCUT2D eigenvalue weighted by molar-refractivity contribution is 5.72. The lowest BCUT2D eigenvalue weighted by Gasteiger charge is -2.32. The van der Waals surface area contributed by atoms with Gasteiger partial charge in [0.05, 0.1) is 12.7 Å². The van der Waals surface area contributed by atoms with Gasteiger partial charge in [0, 0.05) is 26.6 Å². The fourth-order valence-electron chi connectivity index (χ4n) is 1.75. The predicted molar refractivity (Wildman–Crippen MR) is 59.8 cm³/mol. The van der Waals surface area contributed by atoms with Gasteiger partial charge in [0.15, 0.2) is 0 Å². The van der Waals surface area contributed by atoms with E-state index in [2.05, 4.69) is 17.1 Å². The molecule has 0 radical (unpaired) electrons. The van der Waals surface area contributed by atoms with Crippen molar-refractivity contribution >= 4 is 5.91 Å². The fourth-order valence-corrected chi connectivity index (χ4v) is 1.75. The molecular formula is C11H22N2O2. The Labute approximate surface area is 92.0 Å². The number of morpholine rings is 1. The molecule has 1 amide bonds. The topological polar surface area (TPSA) is 41.6 Å². The third-order valence-electron chi connectivity index (χ3n) is 2.63. The van der Waals surface area contributed by atoms with E-state index >= 15 is 0 Å². The average molecular weight is 214 g/mol. The molecule has 4 nitrogen and oxygen atoms in total. The summed E-state index contributed by atoms with van der Waals surface area (Å²) in [6.45, 7) is 8.28. The number of rotatable bonds is 5. The lowest BCUT2D eigenvalue weighted by molar-refractivity contribution is -0.120. The van der Waals surface area contributed by atoms with Crippen LogP contribution in [0.5, 0.6) is 0 Å². The second-order valence-corrected chi connectivity index (χ2v) is 4.08. The van der Waals surface area contributed by atoms with E-state index in [1.807, 2.05) is 0 Å². The van der Waals surface area contributed by atoms with Crippen molar-refractivity contribution in [3.8, 4) is 0 Å². The fraction of sp³-hybridized carbons (Fsp3) is 0.909. The van der Waals surface area contributed by atoms with E-state index in [-0.39, 0.29) is 12.0 Å². The van der Waals surface area contributed by atoms with Crippen molar-refractivity contribution in [1.29, 1.82) is 0 Å². The van der Waals surface area contributed by atoms with Crippen LogP contribution < -0.4 is 5.32 Å². The maximum atomic E-state index is 10.8. The molecule has 1 aliphatic heterocycles. The molecule has 15 heavy (non-hydrogen) atoms. The molecule has 1 atom stereocenters. The Balaban J connectivity index is 2.19. The quantitative estimate of drug-likeness (QED) is 0.729. The molecule has 1 fully saturated rings. The van der Waals surface area contributed by atoms with Gasteiger partial charge in [-0.2, -0.15) is 0 Å². The number of carbonyl (C=O) groups is 1. The zero-order valence-corrected chi connectivity index (χ0v) is 9.79. The summed E-state index contributed by atoms with van der Waals surface area (Å²) in [4.78, 5) is 13.2. The number of nitrogens with zero attached hydrogens (tertiary/aromatic N) is 1. The van der Waals surface area contributed by atoms with E-state index in [9.17, 15) is 4.79 Å². The summed E-state index contributed by atoms with van der Waals surface area (Å²) in [5.74, 6) is 0.0179. The highest BCUT2D eigenvalue weighted by atomic mass is 16.5. The molecule has 0 bridgehead atoms. The predicted octanol–water partition coefficient (Wildman–Crippen LogP) is 0.623. The molecule has 1 aliphatic rings. The van der Waals surface area contributed by atoms with Gasteiger partial charge in [-0.3, -0.25) is 9.69 Å². The number of ether oxygens (including phenoxy) is 1.